The number of aliphatic carboxylic acids is 1. The summed E-state index contributed by atoms with van der Waals surface area (Å²) in [5.41, 5.74) is 0.389. The van der Waals surface area contributed by atoms with Gasteiger partial charge in [-0.25, -0.2) is 4.79 Å². The average molecular weight is 197 g/mol. The van der Waals surface area contributed by atoms with Crippen LogP contribution >= 0.6 is 23.2 Å². The number of hydrogen-bond acceptors (Lipinski definition) is 1. The quantitative estimate of drug-likeness (QED) is 0.656. The summed E-state index contributed by atoms with van der Waals surface area (Å²) >= 11 is 9.69. The van der Waals surface area contributed by atoms with Gasteiger partial charge >= 0.3 is 5.97 Å². The van der Waals surface area contributed by atoms with Gasteiger partial charge in [0.2, 0.25) is 0 Å². The highest BCUT2D eigenvalue weighted by molar-refractivity contribution is 6.55. The Balaban J connectivity index is 0. The first-order valence-corrected chi connectivity index (χ1v) is 3.53. The summed E-state index contributed by atoms with van der Waals surface area (Å²) in [6.07, 6.45) is 1.56. The Morgan fingerprint density at radius 3 is 1.82 bits per heavy atom. The SMILES string of the molecule is C=C(Cl)Cl.CC=C(C)C(=O)O. The summed E-state index contributed by atoms with van der Waals surface area (Å²) in [5.74, 6) is -0.845. The lowest BCUT2D eigenvalue weighted by atomic mass is 10.3. The number of carboxylic acid groups (broad SMARTS) is 1. The Bertz CT molecular complexity index is 169. The van der Waals surface area contributed by atoms with Crippen LogP contribution < -0.4 is 0 Å². The molecule has 64 valence electrons. The van der Waals surface area contributed by atoms with Crippen molar-refractivity contribution in [1.82, 2.24) is 0 Å². The summed E-state index contributed by atoms with van der Waals surface area (Å²) in [6.45, 7) is 6.34. The molecular weight excluding hydrogens is 187 g/mol. The van der Waals surface area contributed by atoms with Crippen molar-refractivity contribution in [2.24, 2.45) is 0 Å². The lowest BCUT2D eigenvalue weighted by Gasteiger charge is -1.84. The number of halogens is 2. The van der Waals surface area contributed by atoms with Gasteiger partial charge in [0.05, 0.1) is 4.49 Å². The predicted molar refractivity (Wildman–Crippen MR) is 47.9 cm³/mol. The molecule has 0 heterocycles. The minimum atomic E-state index is -0.845. The summed E-state index contributed by atoms with van der Waals surface area (Å²) in [7, 11) is 0. The van der Waals surface area contributed by atoms with E-state index >= 15 is 0 Å². The maximum atomic E-state index is 9.86. The highest BCUT2D eigenvalue weighted by Crippen LogP contribution is 1.98. The number of rotatable bonds is 1. The lowest BCUT2D eigenvalue weighted by Crippen LogP contribution is -1.93. The maximum absolute atomic E-state index is 9.86. The molecule has 11 heavy (non-hydrogen) atoms. The Morgan fingerprint density at radius 2 is 1.82 bits per heavy atom. The van der Waals surface area contributed by atoms with E-state index in [1.807, 2.05) is 0 Å². The molecule has 0 saturated heterocycles. The van der Waals surface area contributed by atoms with E-state index in [1.54, 1.807) is 19.9 Å². The van der Waals surface area contributed by atoms with E-state index in [2.05, 4.69) is 6.58 Å². The second-order valence-corrected chi connectivity index (χ2v) is 2.72. The number of allylic oxidation sites excluding steroid dienone is 1. The van der Waals surface area contributed by atoms with Crippen LogP contribution in [0.1, 0.15) is 13.8 Å². The second kappa shape index (κ2) is 7.63. The van der Waals surface area contributed by atoms with Crippen LogP contribution in [0.25, 0.3) is 0 Å². The number of hydrogen-bond donors (Lipinski definition) is 1. The van der Waals surface area contributed by atoms with Crippen molar-refractivity contribution in [3.05, 3.63) is 22.7 Å². The molecule has 0 aromatic rings. The fraction of sp³-hybridized carbons (Fsp3) is 0.286. The van der Waals surface area contributed by atoms with Crippen molar-refractivity contribution in [3.8, 4) is 0 Å². The van der Waals surface area contributed by atoms with Crippen LogP contribution in [0.5, 0.6) is 0 Å². The van der Waals surface area contributed by atoms with Gasteiger partial charge in [-0.1, -0.05) is 35.9 Å². The van der Waals surface area contributed by atoms with Crippen LogP contribution in [0.4, 0.5) is 0 Å². The molecule has 0 aliphatic heterocycles. The van der Waals surface area contributed by atoms with Gasteiger partial charge in [0.15, 0.2) is 0 Å². The molecule has 0 unspecified atom stereocenters. The van der Waals surface area contributed by atoms with Crippen molar-refractivity contribution in [2.75, 3.05) is 0 Å². The number of carboxylic acids is 1. The van der Waals surface area contributed by atoms with Crippen molar-refractivity contribution in [1.29, 1.82) is 0 Å². The smallest absolute Gasteiger partial charge is 0.330 e. The summed E-state index contributed by atoms with van der Waals surface area (Å²) in [4.78, 5) is 9.86. The maximum Gasteiger partial charge on any atom is 0.330 e. The molecule has 2 nitrogen and oxygen atoms in total. The molecule has 1 N–H and O–H groups in total. The zero-order valence-electron chi connectivity index (χ0n) is 6.40. The molecule has 0 bridgehead atoms. The normalized spacial score (nSPS) is 9.64. The Hall–Kier alpha value is -0.470. The van der Waals surface area contributed by atoms with Crippen LogP contribution in [0, 0.1) is 0 Å². The molecular formula is C7H10Cl2O2. The molecule has 0 aromatic heterocycles. The Kier molecular flexibility index (Phi) is 9.12. The molecule has 0 rings (SSSR count). The van der Waals surface area contributed by atoms with Gasteiger partial charge in [-0.05, 0) is 13.8 Å². The van der Waals surface area contributed by atoms with Crippen molar-refractivity contribution < 1.29 is 9.90 Å². The van der Waals surface area contributed by atoms with Gasteiger partial charge in [-0.3, -0.25) is 0 Å². The molecule has 0 aliphatic rings. The van der Waals surface area contributed by atoms with Crippen LogP contribution in [0.15, 0.2) is 22.7 Å². The number of carbonyl (C=O) groups is 1. The van der Waals surface area contributed by atoms with Gasteiger partial charge < -0.3 is 5.11 Å². The predicted octanol–water partition coefficient (Wildman–Crippen LogP) is 2.97. The first kappa shape index (κ1) is 13.1. The van der Waals surface area contributed by atoms with Gasteiger partial charge in [-0.2, -0.15) is 0 Å². The molecule has 0 fully saturated rings. The van der Waals surface area contributed by atoms with E-state index < -0.39 is 5.97 Å². The average Bonchev–Trinajstić information content (AvgIpc) is 1.85. The summed E-state index contributed by atoms with van der Waals surface area (Å²) < 4.78 is 0.111. The minimum absolute atomic E-state index is 0.111. The summed E-state index contributed by atoms with van der Waals surface area (Å²) in [6, 6.07) is 0. The Morgan fingerprint density at radius 1 is 1.55 bits per heavy atom. The van der Waals surface area contributed by atoms with Gasteiger partial charge in [0.1, 0.15) is 0 Å². The van der Waals surface area contributed by atoms with Crippen molar-refractivity contribution in [3.63, 3.8) is 0 Å². The van der Waals surface area contributed by atoms with Crippen molar-refractivity contribution >= 4 is 29.2 Å². The van der Waals surface area contributed by atoms with E-state index in [-0.39, 0.29) is 4.49 Å². The molecule has 0 aromatic carbocycles. The molecule has 0 atom stereocenters. The minimum Gasteiger partial charge on any atom is -0.478 e. The zero-order chi connectivity index (χ0) is 9.44. The first-order chi connectivity index (χ1) is 4.91. The fourth-order valence-corrected chi connectivity index (χ4v) is 0.123. The van der Waals surface area contributed by atoms with Crippen LogP contribution in [0.2, 0.25) is 0 Å². The van der Waals surface area contributed by atoms with Crippen LogP contribution in [-0.4, -0.2) is 11.1 Å². The zero-order valence-corrected chi connectivity index (χ0v) is 7.91. The van der Waals surface area contributed by atoms with E-state index in [4.69, 9.17) is 28.3 Å². The fourth-order valence-electron chi connectivity index (χ4n) is 0.123. The second-order valence-electron chi connectivity index (χ2n) is 1.62. The van der Waals surface area contributed by atoms with E-state index in [9.17, 15) is 4.79 Å². The van der Waals surface area contributed by atoms with Gasteiger partial charge in [0, 0.05) is 5.57 Å². The third-order valence-electron chi connectivity index (χ3n) is 0.770. The van der Waals surface area contributed by atoms with E-state index in [1.165, 1.54) is 0 Å². The van der Waals surface area contributed by atoms with Crippen molar-refractivity contribution in [2.45, 2.75) is 13.8 Å². The Labute approximate surface area is 76.1 Å². The lowest BCUT2D eigenvalue weighted by molar-refractivity contribution is -0.132. The molecule has 0 spiro atoms. The molecule has 0 radical (unpaired) electrons. The molecule has 0 aliphatic carbocycles. The largest absolute Gasteiger partial charge is 0.478 e. The highest BCUT2D eigenvalue weighted by Gasteiger charge is 1.93. The first-order valence-electron chi connectivity index (χ1n) is 2.78. The highest BCUT2D eigenvalue weighted by atomic mass is 35.5. The third kappa shape index (κ3) is 17.7. The third-order valence-corrected chi connectivity index (χ3v) is 0.770. The molecule has 4 heteroatoms. The summed E-state index contributed by atoms with van der Waals surface area (Å²) in [5, 5.41) is 8.11. The van der Waals surface area contributed by atoms with E-state index in [0.717, 1.165) is 0 Å². The molecule has 0 amide bonds. The van der Waals surface area contributed by atoms with E-state index in [0.29, 0.717) is 5.57 Å². The van der Waals surface area contributed by atoms with Gasteiger partial charge in [-0.15, -0.1) is 0 Å². The topological polar surface area (TPSA) is 37.3 Å². The molecule has 0 saturated carbocycles. The van der Waals surface area contributed by atoms with Crippen LogP contribution in [0.3, 0.4) is 0 Å². The van der Waals surface area contributed by atoms with Crippen LogP contribution in [-0.2, 0) is 4.79 Å². The van der Waals surface area contributed by atoms with Gasteiger partial charge in [0.25, 0.3) is 0 Å². The standard InChI is InChI=1S/C5H8O2.C2H2Cl2/c1-3-4(2)5(6)7;1-2(3)4/h3H,1-2H3,(H,6,7);1H2. The monoisotopic (exact) mass is 196 g/mol.